The summed E-state index contributed by atoms with van der Waals surface area (Å²) in [5.74, 6) is 0.777. The lowest BCUT2D eigenvalue weighted by Gasteiger charge is -1.96. The fourth-order valence-electron chi connectivity index (χ4n) is 2.01. The van der Waals surface area contributed by atoms with Crippen LogP contribution < -0.4 is 5.73 Å². The van der Waals surface area contributed by atoms with Crippen LogP contribution in [0.15, 0.2) is 17.5 Å². The van der Waals surface area contributed by atoms with Crippen molar-refractivity contribution >= 4 is 37.9 Å². The van der Waals surface area contributed by atoms with Gasteiger partial charge in [-0.1, -0.05) is 6.92 Å². The van der Waals surface area contributed by atoms with Crippen molar-refractivity contribution in [2.75, 3.05) is 5.73 Å². The molecule has 0 atom stereocenters. The molecule has 0 radical (unpaired) electrons. The third-order valence-corrected chi connectivity index (χ3v) is 5.02. The average Bonchev–Trinajstić information content (AvgIpc) is 2.93. The van der Waals surface area contributed by atoms with Gasteiger partial charge in [0, 0.05) is 22.0 Å². The zero-order chi connectivity index (χ0) is 12.0. The fraction of sp³-hybridized carbons (Fsp3) is 0.250. The minimum absolute atomic E-state index is 0.777. The molecule has 3 nitrogen and oxygen atoms in total. The number of nitrogen functional groups attached to an aromatic ring is 1. The topological polar surface area (TPSA) is 43.8 Å². The number of hydrogen-bond donors (Lipinski definition) is 1. The van der Waals surface area contributed by atoms with Gasteiger partial charge in [0.1, 0.15) is 11.5 Å². The monoisotopic (exact) mass is 263 g/mol. The molecule has 0 saturated heterocycles. The van der Waals surface area contributed by atoms with Crippen LogP contribution in [0.25, 0.3) is 20.0 Å². The number of rotatable bonds is 2. The second-order valence-electron chi connectivity index (χ2n) is 3.95. The second-order valence-corrected chi connectivity index (χ2v) is 5.98. The molecule has 3 heterocycles. The summed E-state index contributed by atoms with van der Waals surface area (Å²) in [6.07, 6.45) is 0.917. The number of fused-ring (bicyclic) bond motifs is 1. The molecule has 0 aliphatic heterocycles. The van der Waals surface area contributed by atoms with E-state index in [1.54, 1.807) is 27.4 Å². The minimum atomic E-state index is 0.777. The summed E-state index contributed by atoms with van der Waals surface area (Å²) in [4.78, 5) is 1.22. The van der Waals surface area contributed by atoms with E-state index < -0.39 is 0 Å². The Morgan fingerprint density at radius 2 is 2.24 bits per heavy atom. The summed E-state index contributed by atoms with van der Waals surface area (Å²) < 4.78 is 4.43. The number of nitrogens with zero attached hydrogens (tertiary/aromatic N) is 2. The first kappa shape index (κ1) is 10.8. The van der Waals surface area contributed by atoms with Crippen LogP contribution in [0.4, 0.5) is 5.82 Å². The Kier molecular flexibility index (Phi) is 2.45. The molecule has 0 unspecified atom stereocenters. The smallest absolute Gasteiger partial charge is 0.125 e. The van der Waals surface area contributed by atoms with Gasteiger partial charge in [0.15, 0.2) is 0 Å². The third-order valence-electron chi connectivity index (χ3n) is 2.92. The molecule has 88 valence electrons. The van der Waals surface area contributed by atoms with Crippen LogP contribution in [-0.4, -0.2) is 9.78 Å². The average molecular weight is 263 g/mol. The van der Waals surface area contributed by atoms with Gasteiger partial charge in [0.25, 0.3) is 0 Å². The molecule has 3 rings (SSSR count). The zero-order valence-electron chi connectivity index (χ0n) is 9.73. The molecular weight excluding hydrogens is 250 g/mol. The molecule has 0 saturated carbocycles. The molecule has 5 heteroatoms. The van der Waals surface area contributed by atoms with Crippen molar-refractivity contribution in [1.82, 2.24) is 9.78 Å². The molecule has 2 N–H and O–H groups in total. The van der Waals surface area contributed by atoms with E-state index in [0.717, 1.165) is 23.5 Å². The van der Waals surface area contributed by atoms with Crippen molar-refractivity contribution < 1.29 is 0 Å². The van der Waals surface area contributed by atoms with Crippen molar-refractivity contribution in [3.63, 3.8) is 0 Å². The van der Waals surface area contributed by atoms with Gasteiger partial charge in [0.2, 0.25) is 0 Å². The highest BCUT2D eigenvalue weighted by molar-refractivity contribution is 7.28. The van der Waals surface area contributed by atoms with Crippen LogP contribution in [0, 0.1) is 0 Å². The van der Waals surface area contributed by atoms with Crippen LogP contribution in [0.1, 0.15) is 12.5 Å². The summed E-state index contributed by atoms with van der Waals surface area (Å²) in [6, 6.07) is 4.37. The predicted octanol–water partition coefficient (Wildman–Crippen LogP) is 3.51. The van der Waals surface area contributed by atoms with Gasteiger partial charge in [-0.25, -0.2) is 0 Å². The highest BCUT2D eigenvalue weighted by Crippen LogP contribution is 2.38. The molecule has 0 fully saturated rings. The van der Waals surface area contributed by atoms with Crippen molar-refractivity contribution in [3.05, 3.63) is 23.1 Å². The third kappa shape index (κ3) is 1.57. The Morgan fingerprint density at radius 1 is 1.41 bits per heavy atom. The lowest BCUT2D eigenvalue weighted by atomic mass is 10.1. The van der Waals surface area contributed by atoms with E-state index in [4.69, 9.17) is 5.73 Å². The summed E-state index contributed by atoms with van der Waals surface area (Å²) in [5.41, 5.74) is 8.23. The molecule has 0 aliphatic rings. The Bertz CT molecular complexity index is 647. The van der Waals surface area contributed by atoms with Crippen molar-refractivity contribution in [3.8, 4) is 10.6 Å². The van der Waals surface area contributed by atoms with Crippen LogP contribution in [0.5, 0.6) is 0 Å². The molecule has 3 aromatic rings. The van der Waals surface area contributed by atoms with E-state index in [0.29, 0.717) is 0 Å². The number of aromatic nitrogens is 2. The number of anilines is 1. The molecule has 0 bridgehead atoms. The highest BCUT2D eigenvalue weighted by Gasteiger charge is 2.16. The molecular formula is C12H13N3S2. The van der Waals surface area contributed by atoms with E-state index in [-0.39, 0.29) is 0 Å². The number of thiophene rings is 2. The Morgan fingerprint density at radius 3 is 2.94 bits per heavy atom. The Labute approximate surface area is 107 Å². The molecule has 0 aromatic carbocycles. The second kappa shape index (κ2) is 3.85. The summed E-state index contributed by atoms with van der Waals surface area (Å²) in [7, 11) is 1.90. The molecule has 0 amide bonds. The van der Waals surface area contributed by atoms with Crippen molar-refractivity contribution in [2.24, 2.45) is 7.05 Å². The number of nitrogens with two attached hydrogens (primary N) is 1. The zero-order valence-corrected chi connectivity index (χ0v) is 11.4. The summed E-state index contributed by atoms with van der Waals surface area (Å²) in [6.45, 7) is 2.12. The predicted molar refractivity (Wildman–Crippen MR) is 75.7 cm³/mol. The van der Waals surface area contributed by atoms with E-state index in [1.165, 1.54) is 14.3 Å². The van der Waals surface area contributed by atoms with Crippen molar-refractivity contribution in [2.45, 2.75) is 13.3 Å². The summed E-state index contributed by atoms with van der Waals surface area (Å²) in [5, 5.41) is 6.66. The van der Waals surface area contributed by atoms with Gasteiger partial charge in [0.05, 0.1) is 4.88 Å². The highest BCUT2D eigenvalue weighted by atomic mass is 32.1. The van der Waals surface area contributed by atoms with E-state index in [9.17, 15) is 0 Å². The van der Waals surface area contributed by atoms with E-state index >= 15 is 0 Å². The quantitative estimate of drug-likeness (QED) is 0.769. The standard InChI is InChI=1S/C12H13N3S2/c1-3-7-11(14-15(2)12(7)13)10-6-9-8(17-10)4-5-16-9/h4-6H,3,13H2,1-2H3. The lowest BCUT2D eigenvalue weighted by Crippen LogP contribution is -1.98. The Balaban J connectivity index is 2.21. The minimum Gasteiger partial charge on any atom is -0.384 e. The van der Waals surface area contributed by atoms with Gasteiger partial charge in [-0.05, 0) is 23.9 Å². The largest absolute Gasteiger partial charge is 0.384 e. The molecule has 17 heavy (non-hydrogen) atoms. The SMILES string of the molecule is CCc1c(-c2cc3sccc3s2)nn(C)c1N. The molecule has 3 aromatic heterocycles. The van der Waals surface area contributed by atoms with Crippen LogP contribution >= 0.6 is 22.7 Å². The molecule has 0 spiro atoms. The number of hydrogen-bond acceptors (Lipinski definition) is 4. The summed E-state index contributed by atoms with van der Waals surface area (Å²) >= 11 is 3.56. The van der Waals surface area contributed by atoms with Gasteiger partial charge in [-0.2, -0.15) is 5.10 Å². The fourth-order valence-corrected chi connectivity index (χ4v) is 4.13. The first-order chi connectivity index (χ1) is 8.20. The van der Waals surface area contributed by atoms with Gasteiger partial charge in [-0.3, -0.25) is 4.68 Å². The molecule has 0 aliphatic carbocycles. The van der Waals surface area contributed by atoms with Crippen LogP contribution in [0.2, 0.25) is 0 Å². The van der Waals surface area contributed by atoms with E-state index in [2.05, 4.69) is 29.5 Å². The van der Waals surface area contributed by atoms with Gasteiger partial charge < -0.3 is 5.73 Å². The first-order valence-corrected chi connectivity index (χ1v) is 7.19. The van der Waals surface area contributed by atoms with Gasteiger partial charge in [-0.15, -0.1) is 22.7 Å². The lowest BCUT2D eigenvalue weighted by molar-refractivity contribution is 0.782. The van der Waals surface area contributed by atoms with E-state index in [1.807, 2.05) is 7.05 Å². The number of aryl methyl sites for hydroxylation is 1. The van der Waals surface area contributed by atoms with Crippen molar-refractivity contribution in [1.29, 1.82) is 0 Å². The first-order valence-electron chi connectivity index (χ1n) is 5.49. The maximum Gasteiger partial charge on any atom is 0.125 e. The maximum absolute atomic E-state index is 6.03. The maximum atomic E-state index is 6.03. The van der Waals surface area contributed by atoms with Crippen LogP contribution in [0.3, 0.4) is 0 Å². The van der Waals surface area contributed by atoms with Gasteiger partial charge >= 0.3 is 0 Å². The Hall–Kier alpha value is -1.33. The van der Waals surface area contributed by atoms with Crippen LogP contribution in [-0.2, 0) is 13.5 Å². The normalized spacial score (nSPS) is 11.4.